The van der Waals surface area contributed by atoms with Crippen LogP contribution >= 0.6 is 0 Å². The average Bonchev–Trinajstić information content (AvgIpc) is 2.13. The maximum atomic E-state index is 12.2. The minimum absolute atomic E-state index is 0.0312. The zero-order valence-electron chi connectivity index (χ0n) is 8.61. The van der Waals surface area contributed by atoms with Gasteiger partial charge in [-0.25, -0.2) is 0 Å². The molecular formula is C12H18NO. The van der Waals surface area contributed by atoms with Crippen LogP contribution in [0.5, 0.6) is 0 Å². The molecule has 4 rings (SSSR count). The maximum Gasteiger partial charge on any atom is 0.0536 e. The molecule has 2 aliphatic carbocycles. The van der Waals surface area contributed by atoms with E-state index in [0.29, 0.717) is 6.04 Å². The van der Waals surface area contributed by atoms with E-state index in [0.717, 1.165) is 31.1 Å². The number of hydrogen-bond donors (Lipinski definition) is 0. The topological polar surface area (TPSA) is 23.1 Å². The zero-order chi connectivity index (χ0) is 9.76. The van der Waals surface area contributed by atoms with Crippen molar-refractivity contribution in [1.29, 1.82) is 0 Å². The molecule has 4 fully saturated rings. The Bertz CT molecular complexity index is 249. The van der Waals surface area contributed by atoms with Crippen LogP contribution in [0.3, 0.4) is 0 Å². The van der Waals surface area contributed by atoms with Crippen LogP contribution in [0.15, 0.2) is 12.7 Å². The summed E-state index contributed by atoms with van der Waals surface area (Å²) in [5.41, 5.74) is -0.0312. The Labute approximate surface area is 85.6 Å². The summed E-state index contributed by atoms with van der Waals surface area (Å²) < 4.78 is 0. The van der Waals surface area contributed by atoms with Gasteiger partial charge in [0.1, 0.15) is 0 Å². The van der Waals surface area contributed by atoms with Gasteiger partial charge in [0.2, 0.25) is 0 Å². The SMILES string of the molecule is C=CCC12CC3CC(CC(C3)N1[O])C2. The molecule has 2 nitrogen and oxygen atoms in total. The predicted octanol–water partition coefficient (Wildman–Crippen LogP) is 2.54. The van der Waals surface area contributed by atoms with Gasteiger partial charge in [0, 0.05) is 6.04 Å². The Kier molecular flexibility index (Phi) is 1.80. The summed E-state index contributed by atoms with van der Waals surface area (Å²) >= 11 is 0. The molecular weight excluding hydrogens is 174 g/mol. The zero-order valence-corrected chi connectivity index (χ0v) is 8.61. The highest BCUT2D eigenvalue weighted by Gasteiger charge is 2.55. The van der Waals surface area contributed by atoms with Gasteiger partial charge in [-0.2, -0.15) is 0 Å². The lowest BCUT2D eigenvalue weighted by molar-refractivity contribution is -0.312. The third-order valence-corrected chi connectivity index (χ3v) is 4.54. The highest BCUT2D eigenvalue weighted by atomic mass is 16.5. The second kappa shape index (κ2) is 2.83. The fourth-order valence-corrected chi connectivity index (χ4v) is 4.31. The van der Waals surface area contributed by atoms with Crippen molar-refractivity contribution in [2.45, 2.75) is 50.1 Å². The third-order valence-electron chi connectivity index (χ3n) is 4.54. The van der Waals surface area contributed by atoms with Gasteiger partial charge >= 0.3 is 0 Å². The van der Waals surface area contributed by atoms with Gasteiger partial charge in [-0.05, 0) is 50.4 Å². The average molecular weight is 192 g/mol. The van der Waals surface area contributed by atoms with Gasteiger partial charge in [-0.3, -0.25) is 0 Å². The van der Waals surface area contributed by atoms with Crippen LogP contribution in [0.2, 0.25) is 0 Å². The van der Waals surface area contributed by atoms with E-state index in [-0.39, 0.29) is 5.54 Å². The van der Waals surface area contributed by atoms with Crippen molar-refractivity contribution in [2.24, 2.45) is 11.8 Å². The molecule has 0 amide bonds. The molecule has 0 N–H and O–H groups in total. The second-order valence-electron chi connectivity index (χ2n) is 5.54. The largest absolute Gasteiger partial charge is 0.145 e. The van der Waals surface area contributed by atoms with Crippen LogP contribution in [0, 0.1) is 11.8 Å². The fourth-order valence-electron chi connectivity index (χ4n) is 4.31. The Morgan fingerprint density at radius 3 is 2.50 bits per heavy atom. The highest BCUT2D eigenvalue weighted by Crippen LogP contribution is 2.55. The van der Waals surface area contributed by atoms with E-state index in [1.165, 1.54) is 24.3 Å². The van der Waals surface area contributed by atoms with Crippen molar-refractivity contribution in [3.05, 3.63) is 12.7 Å². The van der Waals surface area contributed by atoms with Crippen molar-refractivity contribution in [1.82, 2.24) is 5.06 Å². The van der Waals surface area contributed by atoms with Crippen LogP contribution in [-0.2, 0) is 5.21 Å². The minimum Gasteiger partial charge on any atom is -0.145 e. The van der Waals surface area contributed by atoms with Crippen LogP contribution in [-0.4, -0.2) is 16.6 Å². The lowest BCUT2D eigenvalue weighted by Crippen LogP contribution is -2.63. The van der Waals surface area contributed by atoms with Gasteiger partial charge in [-0.15, -0.1) is 16.8 Å². The molecule has 0 aromatic heterocycles. The van der Waals surface area contributed by atoms with Crippen molar-refractivity contribution >= 4 is 0 Å². The van der Waals surface area contributed by atoms with E-state index in [1.807, 2.05) is 6.08 Å². The fraction of sp³-hybridized carbons (Fsp3) is 0.833. The van der Waals surface area contributed by atoms with Crippen molar-refractivity contribution < 1.29 is 5.21 Å². The van der Waals surface area contributed by atoms with Crippen LogP contribution < -0.4 is 0 Å². The van der Waals surface area contributed by atoms with Gasteiger partial charge in [0.25, 0.3) is 0 Å². The van der Waals surface area contributed by atoms with E-state index in [4.69, 9.17) is 0 Å². The normalized spacial score (nSPS) is 51.1. The first-order valence-electron chi connectivity index (χ1n) is 5.81. The van der Waals surface area contributed by atoms with Crippen LogP contribution in [0.4, 0.5) is 0 Å². The van der Waals surface area contributed by atoms with Crippen LogP contribution in [0.25, 0.3) is 0 Å². The highest BCUT2D eigenvalue weighted by molar-refractivity contribution is 5.08. The van der Waals surface area contributed by atoms with Gasteiger partial charge in [-0.1, -0.05) is 6.08 Å². The summed E-state index contributed by atoms with van der Waals surface area (Å²) in [7, 11) is 0. The molecule has 77 valence electrons. The Morgan fingerprint density at radius 1 is 1.29 bits per heavy atom. The first-order chi connectivity index (χ1) is 6.73. The molecule has 4 aliphatic rings. The van der Waals surface area contributed by atoms with E-state index in [1.54, 1.807) is 0 Å². The molecule has 2 saturated heterocycles. The van der Waals surface area contributed by atoms with Crippen molar-refractivity contribution in [2.75, 3.05) is 0 Å². The number of hydrogen-bond acceptors (Lipinski definition) is 1. The predicted molar refractivity (Wildman–Crippen MR) is 53.9 cm³/mol. The monoisotopic (exact) mass is 192 g/mol. The van der Waals surface area contributed by atoms with Gasteiger partial charge in [0.05, 0.1) is 5.54 Å². The molecule has 2 heterocycles. The number of hydroxylamine groups is 2. The molecule has 0 aromatic rings. The molecule has 4 bridgehead atoms. The van der Waals surface area contributed by atoms with E-state index < -0.39 is 0 Å². The molecule has 2 aliphatic heterocycles. The molecule has 2 heteroatoms. The lowest BCUT2D eigenvalue weighted by Gasteiger charge is -2.59. The molecule has 0 spiro atoms. The van der Waals surface area contributed by atoms with Gasteiger partial charge in [0.15, 0.2) is 0 Å². The lowest BCUT2D eigenvalue weighted by atomic mass is 9.58. The first kappa shape index (κ1) is 8.93. The molecule has 14 heavy (non-hydrogen) atoms. The molecule has 2 atom stereocenters. The Morgan fingerprint density at radius 2 is 1.93 bits per heavy atom. The first-order valence-corrected chi connectivity index (χ1v) is 5.81. The molecule has 2 unspecified atom stereocenters. The maximum absolute atomic E-state index is 12.2. The van der Waals surface area contributed by atoms with E-state index in [9.17, 15) is 5.21 Å². The van der Waals surface area contributed by atoms with E-state index >= 15 is 0 Å². The number of rotatable bonds is 2. The van der Waals surface area contributed by atoms with Crippen molar-refractivity contribution in [3.8, 4) is 0 Å². The summed E-state index contributed by atoms with van der Waals surface area (Å²) in [5.74, 6) is 1.69. The standard InChI is InChI=1S/C12H18NO/c1-2-3-12-7-9-4-10(8-12)6-11(5-9)13(12)14/h2,9-11H,1,3-8H2. The van der Waals surface area contributed by atoms with Gasteiger partial charge < -0.3 is 0 Å². The summed E-state index contributed by atoms with van der Waals surface area (Å²) in [5, 5.41) is 13.6. The Hall–Kier alpha value is -0.340. The molecule has 0 aromatic carbocycles. The summed E-state index contributed by atoms with van der Waals surface area (Å²) in [4.78, 5) is 0. The molecule has 1 radical (unpaired) electrons. The summed E-state index contributed by atoms with van der Waals surface area (Å²) in [6.07, 6.45) is 8.84. The Balaban J connectivity index is 1.93. The van der Waals surface area contributed by atoms with Crippen LogP contribution in [0.1, 0.15) is 38.5 Å². The molecule has 2 saturated carbocycles. The van der Waals surface area contributed by atoms with Crippen molar-refractivity contribution in [3.63, 3.8) is 0 Å². The number of nitrogens with zero attached hydrogens (tertiary/aromatic N) is 1. The minimum atomic E-state index is -0.0312. The number of piperidine rings is 2. The second-order valence-corrected chi connectivity index (χ2v) is 5.54. The quantitative estimate of drug-likeness (QED) is 0.617. The van der Waals surface area contributed by atoms with E-state index in [2.05, 4.69) is 6.58 Å². The summed E-state index contributed by atoms with van der Waals surface area (Å²) in [6.45, 7) is 3.81. The third kappa shape index (κ3) is 1.04. The smallest absolute Gasteiger partial charge is 0.0536 e. The summed E-state index contributed by atoms with van der Waals surface area (Å²) in [6, 6.07) is 0.348.